The van der Waals surface area contributed by atoms with Gasteiger partial charge in [-0.15, -0.1) is 0 Å². The van der Waals surface area contributed by atoms with Crippen LogP contribution in [0.25, 0.3) is 0 Å². The van der Waals surface area contributed by atoms with E-state index < -0.39 is 0 Å². The minimum atomic E-state index is -0.350. The lowest BCUT2D eigenvalue weighted by Crippen LogP contribution is -1.97. The molecule has 2 aromatic rings. The molecule has 0 spiro atoms. The number of anilines is 1. The molecule has 0 aliphatic rings. The molecule has 104 valence electrons. The summed E-state index contributed by atoms with van der Waals surface area (Å²) in [6.07, 6.45) is 0. The SMILES string of the molecule is CNc1ccc(CSCc2ccccc2)cc1[N+](=O)[O-]. The highest BCUT2D eigenvalue weighted by Crippen LogP contribution is 2.27. The van der Waals surface area contributed by atoms with Crippen LogP contribution in [0.5, 0.6) is 0 Å². The Hall–Kier alpha value is -2.01. The fourth-order valence-corrected chi connectivity index (χ4v) is 2.84. The molecule has 0 unspecified atom stereocenters. The lowest BCUT2D eigenvalue weighted by atomic mass is 10.2. The highest BCUT2D eigenvalue weighted by atomic mass is 32.2. The van der Waals surface area contributed by atoms with Gasteiger partial charge < -0.3 is 5.32 Å². The van der Waals surface area contributed by atoms with Gasteiger partial charge in [0.05, 0.1) is 4.92 Å². The summed E-state index contributed by atoms with van der Waals surface area (Å²) in [5, 5.41) is 13.8. The van der Waals surface area contributed by atoms with E-state index >= 15 is 0 Å². The van der Waals surface area contributed by atoms with Gasteiger partial charge in [0.25, 0.3) is 5.69 Å². The molecule has 0 aliphatic carbocycles. The predicted octanol–water partition coefficient (Wildman–Crippen LogP) is 4.07. The Balaban J connectivity index is 1.99. The van der Waals surface area contributed by atoms with Crippen LogP contribution in [-0.4, -0.2) is 12.0 Å². The first-order valence-corrected chi connectivity index (χ1v) is 7.43. The van der Waals surface area contributed by atoms with E-state index in [0.717, 1.165) is 17.1 Å². The summed E-state index contributed by atoms with van der Waals surface area (Å²) in [5.41, 5.74) is 2.91. The van der Waals surface area contributed by atoms with E-state index in [-0.39, 0.29) is 10.6 Å². The summed E-state index contributed by atoms with van der Waals surface area (Å²) in [5.74, 6) is 1.67. The van der Waals surface area contributed by atoms with Crippen molar-refractivity contribution >= 4 is 23.1 Å². The van der Waals surface area contributed by atoms with Crippen LogP contribution < -0.4 is 5.32 Å². The highest BCUT2D eigenvalue weighted by molar-refractivity contribution is 7.97. The summed E-state index contributed by atoms with van der Waals surface area (Å²) in [7, 11) is 1.69. The van der Waals surface area contributed by atoms with E-state index in [2.05, 4.69) is 17.4 Å². The Labute approximate surface area is 122 Å². The highest BCUT2D eigenvalue weighted by Gasteiger charge is 2.13. The van der Waals surface area contributed by atoms with E-state index in [9.17, 15) is 10.1 Å². The zero-order chi connectivity index (χ0) is 14.4. The van der Waals surface area contributed by atoms with Gasteiger partial charge in [0.15, 0.2) is 0 Å². The first kappa shape index (κ1) is 14.4. The molecular weight excluding hydrogens is 272 g/mol. The maximum Gasteiger partial charge on any atom is 0.292 e. The summed E-state index contributed by atoms with van der Waals surface area (Å²) in [6.45, 7) is 0. The quantitative estimate of drug-likeness (QED) is 0.643. The van der Waals surface area contributed by atoms with Crippen molar-refractivity contribution < 1.29 is 4.92 Å². The van der Waals surface area contributed by atoms with Crippen molar-refractivity contribution in [2.24, 2.45) is 0 Å². The number of hydrogen-bond donors (Lipinski definition) is 1. The van der Waals surface area contributed by atoms with Crippen molar-refractivity contribution in [3.05, 3.63) is 69.8 Å². The zero-order valence-electron chi connectivity index (χ0n) is 11.2. The smallest absolute Gasteiger partial charge is 0.292 e. The Kier molecular flexibility index (Phi) is 5.01. The second kappa shape index (κ2) is 6.96. The summed E-state index contributed by atoms with van der Waals surface area (Å²) < 4.78 is 0. The maximum atomic E-state index is 11.0. The molecule has 0 heterocycles. The van der Waals surface area contributed by atoms with Crippen LogP contribution in [0.15, 0.2) is 48.5 Å². The molecule has 0 atom stereocenters. The number of nitro benzene ring substituents is 1. The average molecular weight is 288 g/mol. The molecule has 0 saturated heterocycles. The third-order valence-corrected chi connectivity index (χ3v) is 3.98. The van der Waals surface area contributed by atoms with Crippen molar-refractivity contribution in [1.82, 2.24) is 0 Å². The summed E-state index contributed by atoms with van der Waals surface area (Å²) in [6, 6.07) is 15.5. The van der Waals surface area contributed by atoms with Crippen molar-refractivity contribution in [2.75, 3.05) is 12.4 Å². The van der Waals surface area contributed by atoms with Crippen LogP contribution in [-0.2, 0) is 11.5 Å². The number of nitrogens with zero attached hydrogens (tertiary/aromatic N) is 1. The minimum Gasteiger partial charge on any atom is -0.383 e. The van der Waals surface area contributed by atoms with Gasteiger partial charge in [-0.2, -0.15) is 11.8 Å². The number of nitro groups is 1. The largest absolute Gasteiger partial charge is 0.383 e. The van der Waals surface area contributed by atoms with Crippen molar-refractivity contribution in [1.29, 1.82) is 0 Å². The van der Waals surface area contributed by atoms with Crippen molar-refractivity contribution in [2.45, 2.75) is 11.5 Å². The van der Waals surface area contributed by atoms with Gasteiger partial charge in [-0.25, -0.2) is 0 Å². The monoisotopic (exact) mass is 288 g/mol. The standard InChI is InChI=1S/C15H16N2O2S/c1-16-14-8-7-13(9-15(14)17(18)19)11-20-10-12-5-3-2-4-6-12/h2-9,16H,10-11H2,1H3. The second-order valence-electron chi connectivity index (χ2n) is 4.34. The maximum absolute atomic E-state index is 11.0. The van der Waals surface area contributed by atoms with E-state index in [1.807, 2.05) is 24.3 Å². The number of benzene rings is 2. The van der Waals surface area contributed by atoms with Crippen molar-refractivity contribution in [3.8, 4) is 0 Å². The normalized spacial score (nSPS) is 10.2. The van der Waals surface area contributed by atoms with Crippen molar-refractivity contribution in [3.63, 3.8) is 0 Å². The van der Waals surface area contributed by atoms with Gasteiger partial charge in [0.1, 0.15) is 5.69 Å². The molecule has 4 nitrogen and oxygen atoms in total. The Morgan fingerprint density at radius 3 is 2.45 bits per heavy atom. The average Bonchev–Trinajstić information content (AvgIpc) is 2.48. The van der Waals surface area contributed by atoms with Gasteiger partial charge >= 0.3 is 0 Å². The Morgan fingerprint density at radius 1 is 1.10 bits per heavy atom. The number of thioether (sulfide) groups is 1. The van der Waals surface area contributed by atoms with Gasteiger partial charge in [-0.05, 0) is 17.2 Å². The third kappa shape index (κ3) is 3.74. The molecule has 2 rings (SSSR count). The molecule has 0 aliphatic heterocycles. The summed E-state index contributed by atoms with van der Waals surface area (Å²) >= 11 is 1.75. The molecule has 0 amide bonds. The summed E-state index contributed by atoms with van der Waals surface area (Å²) in [4.78, 5) is 10.6. The van der Waals surface area contributed by atoms with Crippen LogP contribution in [0, 0.1) is 10.1 Å². The molecule has 0 fully saturated rings. The zero-order valence-corrected chi connectivity index (χ0v) is 12.0. The van der Waals surface area contributed by atoms with Gasteiger partial charge in [-0.3, -0.25) is 10.1 Å². The van der Waals surface area contributed by atoms with Crippen LogP contribution in [0.2, 0.25) is 0 Å². The van der Waals surface area contributed by atoms with E-state index in [4.69, 9.17) is 0 Å². The number of hydrogen-bond acceptors (Lipinski definition) is 4. The minimum absolute atomic E-state index is 0.130. The Morgan fingerprint density at radius 2 is 1.80 bits per heavy atom. The topological polar surface area (TPSA) is 55.2 Å². The fourth-order valence-electron chi connectivity index (χ4n) is 1.89. The van der Waals surface area contributed by atoms with E-state index in [1.165, 1.54) is 5.56 Å². The third-order valence-electron chi connectivity index (χ3n) is 2.91. The molecule has 1 N–H and O–H groups in total. The van der Waals surface area contributed by atoms with Crippen LogP contribution in [0.1, 0.15) is 11.1 Å². The predicted molar refractivity (Wildman–Crippen MR) is 84.1 cm³/mol. The van der Waals surface area contributed by atoms with E-state index in [1.54, 1.807) is 30.9 Å². The molecule has 0 aromatic heterocycles. The van der Waals surface area contributed by atoms with Crippen LogP contribution in [0.3, 0.4) is 0 Å². The molecule has 2 aromatic carbocycles. The van der Waals surface area contributed by atoms with Gasteiger partial charge in [0.2, 0.25) is 0 Å². The van der Waals surface area contributed by atoms with Crippen LogP contribution in [0.4, 0.5) is 11.4 Å². The number of rotatable bonds is 6. The lowest BCUT2D eigenvalue weighted by Gasteiger charge is -2.06. The number of nitrogens with one attached hydrogen (secondary N) is 1. The van der Waals surface area contributed by atoms with Gasteiger partial charge in [0, 0.05) is 24.6 Å². The first-order valence-electron chi connectivity index (χ1n) is 6.27. The molecular formula is C15H16N2O2S. The Bertz CT molecular complexity index is 588. The lowest BCUT2D eigenvalue weighted by molar-refractivity contribution is -0.384. The fraction of sp³-hybridized carbons (Fsp3) is 0.200. The van der Waals surface area contributed by atoms with Gasteiger partial charge in [-0.1, -0.05) is 36.4 Å². The molecule has 20 heavy (non-hydrogen) atoms. The molecule has 0 saturated carbocycles. The second-order valence-corrected chi connectivity index (χ2v) is 5.32. The molecule has 5 heteroatoms. The van der Waals surface area contributed by atoms with E-state index in [0.29, 0.717) is 5.69 Å². The first-order chi connectivity index (χ1) is 9.70. The molecule has 0 radical (unpaired) electrons. The molecule has 0 bridgehead atoms. The van der Waals surface area contributed by atoms with Crippen LogP contribution >= 0.6 is 11.8 Å².